The molecule has 0 radical (unpaired) electrons. The number of hydrogen-bond donors (Lipinski definition) is 0. The van der Waals surface area contributed by atoms with Gasteiger partial charge in [-0.05, 0) is 31.0 Å². The summed E-state index contributed by atoms with van der Waals surface area (Å²) in [6.07, 6.45) is -2.05. The zero-order valence-corrected chi connectivity index (χ0v) is 12.8. The molecule has 0 aliphatic carbocycles. The number of benzene rings is 1. The van der Waals surface area contributed by atoms with Crippen molar-refractivity contribution in [3.05, 3.63) is 28.8 Å². The van der Waals surface area contributed by atoms with E-state index >= 15 is 0 Å². The Balaban J connectivity index is 2.73. The van der Waals surface area contributed by atoms with E-state index in [9.17, 15) is 18.0 Å². The van der Waals surface area contributed by atoms with Gasteiger partial charge in [0.2, 0.25) is 0 Å². The molecule has 0 heterocycles. The van der Waals surface area contributed by atoms with Crippen LogP contribution in [0.1, 0.15) is 36.0 Å². The van der Waals surface area contributed by atoms with Crippen LogP contribution in [0.4, 0.5) is 13.2 Å². The molecular formula is C13H13BrClF3O2. The standard InChI is InChI=1S/C13H13BrClF3O2/c14-7-3-1-2-4-12(19)10-8-9(5-6-11(10)15)20-13(16,17)18/h5-6,8H,1-4,7H2. The maximum Gasteiger partial charge on any atom is 0.573 e. The smallest absolute Gasteiger partial charge is 0.406 e. The second-order valence-corrected chi connectivity index (χ2v) is 5.31. The molecule has 7 heteroatoms. The van der Waals surface area contributed by atoms with Crippen molar-refractivity contribution in [2.45, 2.75) is 32.0 Å². The number of carbonyl (C=O) groups is 1. The van der Waals surface area contributed by atoms with Crippen LogP contribution < -0.4 is 4.74 Å². The Labute approximate surface area is 128 Å². The first kappa shape index (κ1) is 17.3. The second-order valence-electron chi connectivity index (χ2n) is 4.11. The van der Waals surface area contributed by atoms with Gasteiger partial charge in [-0.2, -0.15) is 0 Å². The summed E-state index contributed by atoms with van der Waals surface area (Å²) in [5.41, 5.74) is 0.0623. The van der Waals surface area contributed by atoms with Crippen molar-refractivity contribution in [3.63, 3.8) is 0 Å². The van der Waals surface area contributed by atoms with Crippen molar-refractivity contribution in [3.8, 4) is 5.75 Å². The number of ether oxygens (including phenoxy) is 1. The van der Waals surface area contributed by atoms with E-state index < -0.39 is 12.1 Å². The van der Waals surface area contributed by atoms with Crippen LogP contribution in [0.3, 0.4) is 0 Å². The number of carbonyl (C=O) groups excluding carboxylic acids is 1. The monoisotopic (exact) mass is 372 g/mol. The van der Waals surface area contributed by atoms with Crippen molar-refractivity contribution in [1.82, 2.24) is 0 Å². The van der Waals surface area contributed by atoms with Crippen LogP contribution in [-0.4, -0.2) is 17.5 Å². The number of ketones is 1. The van der Waals surface area contributed by atoms with Crippen LogP contribution >= 0.6 is 27.5 Å². The van der Waals surface area contributed by atoms with E-state index in [1.54, 1.807) is 0 Å². The molecule has 0 unspecified atom stereocenters. The molecule has 20 heavy (non-hydrogen) atoms. The van der Waals surface area contributed by atoms with Gasteiger partial charge in [-0.3, -0.25) is 4.79 Å². The molecule has 2 nitrogen and oxygen atoms in total. The molecule has 0 aromatic heterocycles. The zero-order chi connectivity index (χ0) is 15.2. The number of alkyl halides is 4. The molecule has 0 amide bonds. The van der Waals surface area contributed by atoms with Gasteiger partial charge < -0.3 is 4.74 Å². The van der Waals surface area contributed by atoms with Gasteiger partial charge in [0.25, 0.3) is 0 Å². The van der Waals surface area contributed by atoms with E-state index in [4.69, 9.17) is 11.6 Å². The lowest BCUT2D eigenvalue weighted by Gasteiger charge is -2.10. The summed E-state index contributed by atoms with van der Waals surface area (Å²) in [6.45, 7) is 0. The van der Waals surface area contributed by atoms with Crippen LogP contribution in [-0.2, 0) is 0 Å². The fourth-order valence-corrected chi connectivity index (χ4v) is 2.23. The first-order valence-corrected chi connectivity index (χ1v) is 7.48. The van der Waals surface area contributed by atoms with E-state index in [0.717, 1.165) is 30.3 Å². The van der Waals surface area contributed by atoms with Crippen LogP contribution in [0.5, 0.6) is 5.75 Å². The average Bonchev–Trinajstić information content (AvgIpc) is 2.35. The third-order valence-electron chi connectivity index (χ3n) is 2.51. The van der Waals surface area contributed by atoms with Crippen molar-refractivity contribution in [1.29, 1.82) is 0 Å². The molecule has 0 atom stereocenters. The number of halogens is 5. The van der Waals surface area contributed by atoms with Gasteiger partial charge in [-0.1, -0.05) is 34.0 Å². The fraction of sp³-hybridized carbons (Fsp3) is 0.462. The van der Waals surface area contributed by atoms with Gasteiger partial charge in [-0.15, -0.1) is 13.2 Å². The van der Waals surface area contributed by atoms with Crippen LogP contribution in [0.15, 0.2) is 18.2 Å². The minimum Gasteiger partial charge on any atom is -0.406 e. The predicted octanol–water partition coefficient (Wildman–Crippen LogP) is 5.38. The minimum absolute atomic E-state index is 0.0623. The quantitative estimate of drug-likeness (QED) is 0.364. The molecule has 0 saturated heterocycles. The molecule has 0 aliphatic heterocycles. The molecule has 1 aromatic carbocycles. The fourth-order valence-electron chi connectivity index (χ4n) is 1.61. The maximum absolute atomic E-state index is 12.1. The van der Waals surface area contributed by atoms with E-state index in [-0.39, 0.29) is 22.8 Å². The highest BCUT2D eigenvalue weighted by atomic mass is 79.9. The Hall–Kier alpha value is -0.750. The van der Waals surface area contributed by atoms with Gasteiger partial charge in [0.1, 0.15) is 5.75 Å². The summed E-state index contributed by atoms with van der Waals surface area (Å²) in [6, 6.07) is 3.34. The highest BCUT2D eigenvalue weighted by Crippen LogP contribution is 2.28. The van der Waals surface area contributed by atoms with Crippen molar-refractivity contribution in [2.24, 2.45) is 0 Å². The highest BCUT2D eigenvalue weighted by Gasteiger charge is 2.31. The molecule has 0 bridgehead atoms. The zero-order valence-electron chi connectivity index (χ0n) is 10.5. The molecule has 112 valence electrons. The van der Waals surface area contributed by atoms with Crippen molar-refractivity contribution in [2.75, 3.05) is 5.33 Å². The van der Waals surface area contributed by atoms with E-state index in [1.807, 2.05) is 0 Å². The summed E-state index contributed by atoms with van der Waals surface area (Å²) >= 11 is 9.12. The summed E-state index contributed by atoms with van der Waals surface area (Å²) < 4.78 is 40.1. The molecule has 0 saturated carbocycles. The van der Waals surface area contributed by atoms with E-state index in [0.29, 0.717) is 6.42 Å². The average molecular weight is 374 g/mol. The summed E-state index contributed by atoms with van der Waals surface area (Å²) in [7, 11) is 0. The molecule has 1 rings (SSSR count). The van der Waals surface area contributed by atoms with Crippen molar-refractivity contribution >= 4 is 33.3 Å². The van der Waals surface area contributed by atoms with Crippen molar-refractivity contribution < 1.29 is 22.7 Å². The summed E-state index contributed by atoms with van der Waals surface area (Å²) in [5, 5.41) is 0.988. The van der Waals surface area contributed by atoms with Crippen LogP contribution in [0.25, 0.3) is 0 Å². The third kappa shape index (κ3) is 6.13. The molecule has 0 fully saturated rings. The molecule has 0 N–H and O–H groups in total. The molecule has 1 aromatic rings. The largest absolute Gasteiger partial charge is 0.573 e. The number of unbranched alkanes of at least 4 members (excludes halogenated alkanes) is 2. The number of rotatable bonds is 7. The SMILES string of the molecule is O=C(CCCCCBr)c1cc(OC(F)(F)F)ccc1Cl. The highest BCUT2D eigenvalue weighted by molar-refractivity contribution is 9.09. The first-order valence-electron chi connectivity index (χ1n) is 5.98. The van der Waals surface area contributed by atoms with Crippen LogP contribution in [0, 0.1) is 0 Å². The Kier molecular flexibility index (Phi) is 6.82. The molecule has 0 spiro atoms. The first-order chi connectivity index (χ1) is 9.33. The van der Waals surface area contributed by atoms with Gasteiger partial charge in [0.05, 0.1) is 5.02 Å². The lowest BCUT2D eigenvalue weighted by molar-refractivity contribution is -0.274. The Morgan fingerprint density at radius 2 is 1.95 bits per heavy atom. The van der Waals surface area contributed by atoms with Gasteiger partial charge in [0.15, 0.2) is 5.78 Å². The maximum atomic E-state index is 12.1. The van der Waals surface area contributed by atoms with E-state index in [1.165, 1.54) is 6.07 Å². The Morgan fingerprint density at radius 3 is 2.55 bits per heavy atom. The van der Waals surface area contributed by atoms with Gasteiger partial charge >= 0.3 is 6.36 Å². The topological polar surface area (TPSA) is 26.3 Å². The lowest BCUT2D eigenvalue weighted by Crippen LogP contribution is -2.17. The number of Topliss-reactive ketones (excluding diaryl/α,β-unsaturated/α-hetero) is 1. The third-order valence-corrected chi connectivity index (χ3v) is 3.40. The summed E-state index contributed by atoms with van der Waals surface area (Å²) in [5.74, 6) is -0.720. The lowest BCUT2D eigenvalue weighted by atomic mass is 10.0. The van der Waals surface area contributed by atoms with Gasteiger partial charge in [0, 0.05) is 17.3 Å². The van der Waals surface area contributed by atoms with Gasteiger partial charge in [-0.25, -0.2) is 0 Å². The molecular weight excluding hydrogens is 360 g/mol. The van der Waals surface area contributed by atoms with Crippen LogP contribution in [0.2, 0.25) is 5.02 Å². The second kappa shape index (κ2) is 7.88. The normalized spacial score (nSPS) is 11.4. The Bertz CT molecular complexity index is 463. The Morgan fingerprint density at radius 1 is 1.25 bits per heavy atom. The predicted molar refractivity (Wildman–Crippen MR) is 74.7 cm³/mol. The minimum atomic E-state index is -4.79. The summed E-state index contributed by atoms with van der Waals surface area (Å²) in [4.78, 5) is 11.9. The number of hydrogen-bond acceptors (Lipinski definition) is 2. The molecule has 0 aliphatic rings. The van der Waals surface area contributed by atoms with E-state index in [2.05, 4.69) is 20.7 Å².